The molecule has 0 bridgehead atoms. The molecule has 2 N–H and O–H groups in total. The second kappa shape index (κ2) is 8.78. The Hall–Kier alpha value is -2.78. The lowest BCUT2D eigenvalue weighted by molar-refractivity contribution is 0.0965. The number of benzene rings is 1. The summed E-state index contributed by atoms with van der Waals surface area (Å²) in [4.78, 5) is 17.6. The van der Waals surface area contributed by atoms with Crippen LogP contribution in [-0.2, 0) is 10.0 Å². The molecule has 1 aliphatic rings. The van der Waals surface area contributed by atoms with E-state index in [9.17, 15) is 17.6 Å². The van der Waals surface area contributed by atoms with Crippen LogP contribution in [0.2, 0.25) is 0 Å². The molecular formula is C25H31FN4O3S. The highest BCUT2D eigenvalue weighted by atomic mass is 32.2. The minimum Gasteiger partial charge on any atom is -0.355 e. The van der Waals surface area contributed by atoms with Crippen LogP contribution < -0.4 is 10.0 Å². The molecule has 0 saturated heterocycles. The lowest BCUT2D eigenvalue weighted by Gasteiger charge is -2.21. The van der Waals surface area contributed by atoms with E-state index in [0.29, 0.717) is 27.9 Å². The SMILES string of the molecule is CNC(=O)c1c(-c2ccc(S(=O)(=O)NC(C)(C)C)cn2)n(C2CCCC2)c2cc(C)c(F)cc12. The zero-order chi connectivity index (χ0) is 24.8. The van der Waals surface area contributed by atoms with Crippen LogP contribution in [0, 0.1) is 12.7 Å². The molecule has 0 spiro atoms. The maximum Gasteiger partial charge on any atom is 0.253 e. The van der Waals surface area contributed by atoms with Gasteiger partial charge in [-0.05, 0) is 70.4 Å². The first-order valence-corrected chi connectivity index (χ1v) is 13.0. The molecule has 182 valence electrons. The first-order valence-electron chi connectivity index (χ1n) is 11.5. The van der Waals surface area contributed by atoms with E-state index in [2.05, 4.69) is 19.6 Å². The number of carbonyl (C=O) groups is 1. The Kier molecular flexibility index (Phi) is 6.29. The number of hydrogen-bond acceptors (Lipinski definition) is 4. The third-order valence-electron chi connectivity index (χ3n) is 6.16. The second-order valence-corrected chi connectivity index (χ2v) is 11.6. The zero-order valence-electron chi connectivity index (χ0n) is 20.2. The van der Waals surface area contributed by atoms with E-state index in [1.807, 2.05) is 0 Å². The van der Waals surface area contributed by atoms with Crippen LogP contribution in [-0.4, -0.2) is 36.5 Å². The predicted molar refractivity (Wildman–Crippen MR) is 131 cm³/mol. The molecule has 3 aromatic rings. The summed E-state index contributed by atoms with van der Waals surface area (Å²) >= 11 is 0. The van der Waals surface area contributed by atoms with Gasteiger partial charge in [0.25, 0.3) is 5.91 Å². The zero-order valence-corrected chi connectivity index (χ0v) is 21.0. The summed E-state index contributed by atoms with van der Waals surface area (Å²) in [5.41, 5.74) is 2.04. The standard InChI is InChI=1S/C25H31FN4O3S/c1-15-12-21-18(13-19(15)26)22(24(31)27-5)23(30(21)16-8-6-7-9-16)20-11-10-17(14-28-20)34(32,33)29-25(2,3)4/h10-14,16,29H,6-9H2,1-5H3,(H,27,31). The van der Waals surface area contributed by atoms with Gasteiger partial charge in [-0.1, -0.05) is 12.8 Å². The topological polar surface area (TPSA) is 93.1 Å². The van der Waals surface area contributed by atoms with Crippen molar-refractivity contribution in [2.24, 2.45) is 0 Å². The number of carbonyl (C=O) groups excluding carboxylic acids is 1. The third kappa shape index (κ3) is 4.46. The van der Waals surface area contributed by atoms with Crippen molar-refractivity contribution in [2.75, 3.05) is 7.05 Å². The normalized spacial score (nSPS) is 15.2. The molecule has 2 aromatic heterocycles. The summed E-state index contributed by atoms with van der Waals surface area (Å²) in [6.07, 6.45) is 5.34. The molecule has 4 rings (SSSR count). The minimum absolute atomic E-state index is 0.0399. The number of amides is 1. The number of fused-ring (bicyclic) bond motifs is 1. The largest absolute Gasteiger partial charge is 0.355 e. The van der Waals surface area contributed by atoms with Crippen LogP contribution in [0.4, 0.5) is 4.39 Å². The number of aromatic nitrogens is 2. The maximum absolute atomic E-state index is 14.6. The molecule has 0 radical (unpaired) electrons. The Morgan fingerprint density at radius 2 is 1.85 bits per heavy atom. The van der Waals surface area contributed by atoms with Gasteiger partial charge in [0, 0.05) is 30.2 Å². The van der Waals surface area contributed by atoms with Gasteiger partial charge in [0.2, 0.25) is 10.0 Å². The highest BCUT2D eigenvalue weighted by molar-refractivity contribution is 7.89. The van der Waals surface area contributed by atoms with Gasteiger partial charge in [0.1, 0.15) is 10.7 Å². The highest BCUT2D eigenvalue weighted by Crippen LogP contribution is 2.41. The Morgan fingerprint density at radius 1 is 1.18 bits per heavy atom. The van der Waals surface area contributed by atoms with Crippen molar-refractivity contribution in [2.45, 2.75) is 69.9 Å². The summed E-state index contributed by atoms with van der Waals surface area (Å²) in [7, 11) is -2.22. The average molecular weight is 487 g/mol. The van der Waals surface area contributed by atoms with Crippen LogP contribution in [0.3, 0.4) is 0 Å². The molecule has 9 heteroatoms. The fraction of sp³-hybridized carbons (Fsp3) is 0.440. The fourth-order valence-electron chi connectivity index (χ4n) is 4.72. The molecule has 1 aliphatic carbocycles. The van der Waals surface area contributed by atoms with E-state index in [-0.39, 0.29) is 22.7 Å². The summed E-state index contributed by atoms with van der Waals surface area (Å²) in [5.74, 6) is -0.719. The second-order valence-electron chi connectivity index (χ2n) is 9.96. The van der Waals surface area contributed by atoms with Crippen molar-refractivity contribution < 1.29 is 17.6 Å². The first-order chi connectivity index (χ1) is 15.9. The molecule has 2 heterocycles. The number of sulfonamides is 1. The number of pyridine rings is 1. The van der Waals surface area contributed by atoms with Gasteiger partial charge >= 0.3 is 0 Å². The van der Waals surface area contributed by atoms with E-state index in [4.69, 9.17) is 0 Å². The lowest BCUT2D eigenvalue weighted by Crippen LogP contribution is -2.40. The summed E-state index contributed by atoms with van der Waals surface area (Å²) in [5, 5.41) is 3.20. The Bertz CT molecular complexity index is 1350. The Labute approximate surface area is 199 Å². The molecule has 34 heavy (non-hydrogen) atoms. The summed E-state index contributed by atoms with van der Waals surface area (Å²) in [6, 6.07) is 6.45. The van der Waals surface area contributed by atoms with Gasteiger partial charge in [-0.3, -0.25) is 9.78 Å². The molecule has 1 fully saturated rings. The monoisotopic (exact) mass is 486 g/mol. The summed E-state index contributed by atoms with van der Waals surface area (Å²) in [6.45, 7) is 7.01. The number of rotatable bonds is 5. The van der Waals surface area contributed by atoms with Crippen LogP contribution in [0.15, 0.2) is 35.4 Å². The van der Waals surface area contributed by atoms with Crippen LogP contribution in [0.1, 0.15) is 68.4 Å². The molecule has 0 unspecified atom stereocenters. The van der Waals surface area contributed by atoms with Crippen molar-refractivity contribution in [1.82, 2.24) is 19.6 Å². The lowest BCUT2D eigenvalue weighted by atomic mass is 10.1. The van der Waals surface area contributed by atoms with E-state index < -0.39 is 15.6 Å². The molecule has 1 saturated carbocycles. The average Bonchev–Trinajstić information content (AvgIpc) is 3.38. The number of nitrogens with zero attached hydrogens (tertiary/aromatic N) is 2. The first kappa shape index (κ1) is 24.3. The Balaban J connectivity index is 1.96. The molecular weight excluding hydrogens is 455 g/mol. The number of hydrogen-bond donors (Lipinski definition) is 2. The Morgan fingerprint density at radius 3 is 2.41 bits per heavy atom. The van der Waals surface area contributed by atoms with Crippen molar-refractivity contribution in [3.05, 3.63) is 47.4 Å². The summed E-state index contributed by atoms with van der Waals surface area (Å²) < 4.78 is 44.8. The number of halogens is 1. The predicted octanol–water partition coefficient (Wildman–Crippen LogP) is 4.70. The van der Waals surface area contributed by atoms with Gasteiger partial charge in [-0.25, -0.2) is 17.5 Å². The van der Waals surface area contributed by atoms with Gasteiger partial charge in [-0.2, -0.15) is 0 Å². The highest BCUT2D eigenvalue weighted by Gasteiger charge is 2.30. The van der Waals surface area contributed by atoms with Crippen LogP contribution in [0.25, 0.3) is 22.3 Å². The van der Waals surface area contributed by atoms with E-state index in [1.54, 1.807) is 39.8 Å². The maximum atomic E-state index is 14.6. The van der Waals surface area contributed by atoms with Gasteiger partial charge in [0.15, 0.2) is 0 Å². The van der Waals surface area contributed by atoms with Crippen molar-refractivity contribution >= 4 is 26.8 Å². The van der Waals surface area contributed by atoms with Crippen molar-refractivity contribution in [1.29, 1.82) is 0 Å². The molecule has 1 aromatic carbocycles. The molecule has 7 nitrogen and oxygen atoms in total. The quantitative estimate of drug-likeness (QED) is 0.547. The van der Waals surface area contributed by atoms with Gasteiger partial charge in [-0.15, -0.1) is 0 Å². The van der Waals surface area contributed by atoms with Crippen molar-refractivity contribution in [3.63, 3.8) is 0 Å². The van der Waals surface area contributed by atoms with Gasteiger partial charge < -0.3 is 9.88 Å². The van der Waals surface area contributed by atoms with E-state index in [1.165, 1.54) is 25.4 Å². The number of nitrogens with one attached hydrogen (secondary N) is 2. The number of aryl methyl sites for hydroxylation is 1. The van der Waals surface area contributed by atoms with Crippen LogP contribution in [0.5, 0.6) is 0 Å². The molecule has 1 amide bonds. The van der Waals surface area contributed by atoms with Crippen LogP contribution >= 0.6 is 0 Å². The van der Waals surface area contributed by atoms with E-state index in [0.717, 1.165) is 31.2 Å². The fourth-order valence-corrected chi connectivity index (χ4v) is 6.09. The van der Waals surface area contributed by atoms with Crippen molar-refractivity contribution in [3.8, 4) is 11.4 Å². The molecule has 0 atom stereocenters. The van der Waals surface area contributed by atoms with E-state index >= 15 is 0 Å². The minimum atomic E-state index is -3.76. The third-order valence-corrected chi connectivity index (χ3v) is 7.90. The molecule has 0 aliphatic heterocycles. The smallest absolute Gasteiger partial charge is 0.253 e. The van der Waals surface area contributed by atoms with Gasteiger partial charge in [0.05, 0.1) is 22.5 Å².